The van der Waals surface area contributed by atoms with Gasteiger partial charge in [0.15, 0.2) is 11.6 Å². The van der Waals surface area contributed by atoms with Gasteiger partial charge in [-0.15, -0.1) is 0 Å². The monoisotopic (exact) mass is 370 g/mol. The molecule has 2 aliphatic heterocycles. The van der Waals surface area contributed by atoms with Crippen molar-refractivity contribution in [1.29, 1.82) is 0 Å². The Hall–Kier alpha value is -0.500. The standard InChI is InChI=1S/C20H34O6/c1-14(2)16-7-19(23-10-17(4,8-21)11-24-19)15(3)6-20(16)25-12-18(5,9-22)13-26-20/h15-16,21-22H,1,6-13H2,2-5H3. The third-order valence-corrected chi connectivity index (χ3v) is 6.38. The van der Waals surface area contributed by atoms with E-state index in [1.54, 1.807) is 0 Å². The van der Waals surface area contributed by atoms with Crippen LogP contribution in [0.4, 0.5) is 0 Å². The highest BCUT2D eigenvalue weighted by atomic mass is 16.7. The predicted octanol–water partition coefficient (Wildman–Crippen LogP) is 2.09. The van der Waals surface area contributed by atoms with Crippen LogP contribution in [0.25, 0.3) is 0 Å². The summed E-state index contributed by atoms with van der Waals surface area (Å²) in [6.07, 6.45) is 1.25. The zero-order chi connectivity index (χ0) is 19.2. The maximum Gasteiger partial charge on any atom is 0.175 e. The zero-order valence-corrected chi connectivity index (χ0v) is 16.5. The highest BCUT2D eigenvalue weighted by Crippen LogP contribution is 2.53. The first-order valence-electron chi connectivity index (χ1n) is 9.55. The van der Waals surface area contributed by atoms with Crippen LogP contribution < -0.4 is 0 Å². The van der Waals surface area contributed by atoms with Crippen molar-refractivity contribution in [1.82, 2.24) is 0 Å². The molecule has 0 amide bonds. The van der Waals surface area contributed by atoms with Crippen LogP contribution in [0.1, 0.15) is 40.5 Å². The smallest absolute Gasteiger partial charge is 0.175 e. The van der Waals surface area contributed by atoms with E-state index in [2.05, 4.69) is 13.5 Å². The van der Waals surface area contributed by atoms with Gasteiger partial charge >= 0.3 is 0 Å². The molecule has 1 saturated carbocycles. The molecule has 0 radical (unpaired) electrons. The molecule has 150 valence electrons. The molecule has 1 aliphatic carbocycles. The topological polar surface area (TPSA) is 77.4 Å². The molecule has 3 fully saturated rings. The number of aliphatic hydroxyl groups excluding tert-OH is 2. The van der Waals surface area contributed by atoms with E-state index in [0.717, 1.165) is 5.57 Å². The Morgan fingerprint density at radius 1 is 0.885 bits per heavy atom. The van der Waals surface area contributed by atoms with Gasteiger partial charge in [-0.1, -0.05) is 32.9 Å². The predicted molar refractivity (Wildman–Crippen MR) is 96.4 cm³/mol. The largest absolute Gasteiger partial charge is 0.396 e. The Labute approximate surface area is 156 Å². The van der Waals surface area contributed by atoms with Crippen molar-refractivity contribution in [2.24, 2.45) is 22.7 Å². The maximum absolute atomic E-state index is 9.60. The Balaban J connectivity index is 1.80. The molecule has 3 rings (SSSR count). The lowest BCUT2D eigenvalue weighted by Gasteiger charge is -2.58. The molecule has 26 heavy (non-hydrogen) atoms. The third-order valence-electron chi connectivity index (χ3n) is 6.38. The van der Waals surface area contributed by atoms with E-state index < -0.39 is 11.6 Å². The molecule has 0 aromatic carbocycles. The summed E-state index contributed by atoms with van der Waals surface area (Å²) in [4.78, 5) is 0. The molecule has 2 saturated heterocycles. The summed E-state index contributed by atoms with van der Waals surface area (Å²) in [5.74, 6) is -1.43. The fourth-order valence-corrected chi connectivity index (χ4v) is 4.17. The minimum atomic E-state index is -0.740. The van der Waals surface area contributed by atoms with E-state index in [1.165, 1.54) is 0 Å². The lowest BCUT2D eigenvalue weighted by Crippen LogP contribution is -2.64. The van der Waals surface area contributed by atoms with Crippen molar-refractivity contribution in [3.05, 3.63) is 12.2 Å². The third kappa shape index (κ3) is 3.36. The van der Waals surface area contributed by atoms with Gasteiger partial charge < -0.3 is 29.2 Å². The van der Waals surface area contributed by atoms with Gasteiger partial charge in [0, 0.05) is 35.5 Å². The van der Waals surface area contributed by atoms with E-state index in [1.807, 2.05) is 20.8 Å². The van der Waals surface area contributed by atoms with Gasteiger partial charge in [0.1, 0.15) is 0 Å². The van der Waals surface area contributed by atoms with Crippen LogP contribution in [0.5, 0.6) is 0 Å². The van der Waals surface area contributed by atoms with Crippen LogP contribution in [0, 0.1) is 22.7 Å². The second-order valence-corrected chi connectivity index (χ2v) is 9.42. The summed E-state index contributed by atoms with van der Waals surface area (Å²) in [5, 5.41) is 19.2. The summed E-state index contributed by atoms with van der Waals surface area (Å²) in [7, 11) is 0. The Morgan fingerprint density at radius 2 is 1.31 bits per heavy atom. The molecule has 2 heterocycles. The molecule has 2 spiro atoms. The van der Waals surface area contributed by atoms with Crippen molar-refractivity contribution in [3.63, 3.8) is 0 Å². The molecule has 2 atom stereocenters. The van der Waals surface area contributed by atoms with Crippen molar-refractivity contribution < 1.29 is 29.2 Å². The van der Waals surface area contributed by atoms with Gasteiger partial charge in [-0.25, -0.2) is 0 Å². The Morgan fingerprint density at radius 3 is 1.69 bits per heavy atom. The van der Waals surface area contributed by atoms with Crippen LogP contribution in [0.2, 0.25) is 0 Å². The van der Waals surface area contributed by atoms with E-state index in [4.69, 9.17) is 18.9 Å². The average molecular weight is 370 g/mol. The van der Waals surface area contributed by atoms with Crippen molar-refractivity contribution >= 4 is 0 Å². The zero-order valence-electron chi connectivity index (χ0n) is 16.5. The first-order valence-corrected chi connectivity index (χ1v) is 9.55. The summed E-state index contributed by atoms with van der Waals surface area (Å²) >= 11 is 0. The van der Waals surface area contributed by atoms with Crippen LogP contribution in [-0.4, -0.2) is 61.4 Å². The Bertz CT molecular complexity index is 528. The van der Waals surface area contributed by atoms with Crippen LogP contribution in [-0.2, 0) is 18.9 Å². The summed E-state index contributed by atoms with van der Waals surface area (Å²) in [6, 6.07) is 0. The molecule has 0 bridgehead atoms. The minimum Gasteiger partial charge on any atom is -0.396 e. The van der Waals surface area contributed by atoms with Crippen molar-refractivity contribution in [3.8, 4) is 0 Å². The fraction of sp³-hybridized carbons (Fsp3) is 0.900. The molecule has 3 aliphatic rings. The quantitative estimate of drug-likeness (QED) is 0.741. The van der Waals surface area contributed by atoms with Gasteiger partial charge in [0.25, 0.3) is 0 Å². The Kier molecular flexibility index (Phi) is 5.32. The number of rotatable bonds is 3. The molecule has 2 unspecified atom stereocenters. The first-order chi connectivity index (χ1) is 12.1. The fourth-order valence-electron chi connectivity index (χ4n) is 4.17. The van der Waals surface area contributed by atoms with Crippen molar-refractivity contribution in [2.45, 2.75) is 52.1 Å². The summed E-state index contributed by atoms with van der Waals surface area (Å²) in [5.41, 5.74) is 0.246. The molecule has 6 heteroatoms. The summed E-state index contributed by atoms with van der Waals surface area (Å²) < 4.78 is 25.0. The maximum atomic E-state index is 9.60. The van der Waals surface area contributed by atoms with Gasteiger partial charge in [0.05, 0.1) is 39.6 Å². The van der Waals surface area contributed by atoms with Crippen LogP contribution >= 0.6 is 0 Å². The van der Waals surface area contributed by atoms with Gasteiger partial charge in [-0.3, -0.25) is 0 Å². The molecular weight excluding hydrogens is 336 g/mol. The van der Waals surface area contributed by atoms with Gasteiger partial charge in [-0.2, -0.15) is 0 Å². The van der Waals surface area contributed by atoms with Crippen LogP contribution in [0.15, 0.2) is 12.2 Å². The van der Waals surface area contributed by atoms with Gasteiger partial charge in [-0.05, 0) is 6.92 Å². The number of ether oxygens (including phenoxy) is 4. The number of hydrogen-bond acceptors (Lipinski definition) is 6. The van der Waals surface area contributed by atoms with Crippen LogP contribution in [0.3, 0.4) is 0 Å². The molecular formula is C20H34O6. The molecule has 0 aromatic rings. The highest BCUT2D eigenvalue weighted by Gasteiger charge is 2.60. The summed E-state index contributed by atoms with van der Waals surface area (Å²) in [6.45, 7) is 14.1. The van der Waals surface area contributed by atoms with E-state index in [0.29, 0.717) is 39.3 Å². The van der Waals surface area contributed by atoms with Gasteiger partial charge in [0.2, 0.25) is 0 Å². The number of aliphatic hydroxyl groups is 2. The van der Waals surface area contributed by atoms with E-state index in [-0.39, 0.29) is 35.9 Å². The molecule has 2 N–H and O–H groups in total. The van der Waals surface area contributed by atoms with Crippen molar-refractivity contribution in [2.75, 3.05) is 39.6 Å². The second-order valence-electron chi connectivity index (χ2n) is 9.42. The molecule has 0 aromatic heterocycles. The van der Waals surface area contributed by atoms with E-state index >= 15 is 0 Å². The van der Waals surface area contributed by atoms with E-state index in [9.17, 15) is 10.2 Å². The minimum absolute atomic E-state index is 0.0340. The first kappa shape index (κ1) is 20.2. The molecule has 6 nitrogen and oxygen atoms in total. The lowest BCUT2D eigenvalue weighted by atomic mass is 9.70. The normalized spacial score (nSPS) is 49.5. The lowest BCUT2D eigenvalue weighted by molar-refractivity contribution is -0.397. The average Bonchev–Trinajstić information content (AvgIpc) is 2.63. The second kappa shape index (κ2) is 6.83. The highest BCUT2D eigenvalue weighted by molar-refractivity contribution is 5.11. The SMILES string of the molecule is C=C(C)C1CC2(OCC(C)(CO)CO2)C(C)CC12OCC(C)(CO)CO2. The number of hydrogen-bond donors (Lipinski definition) is 2.